The lowest BCUT2D eigenvalue weighted by Crippen LogP contribution is -2.32. The monoisotopic (exact) mass is 456 g/mol. The van der Waals surface area contributed by atoms with Crippen LogP contribution < -0.4 is 10.1 Å². The van der Waals surface area contributed by atoms with Crippen LogP contribution in [-0.2, 0) is 9.53 Å². The number of ether oxygens (including phenoxy) is 2. The maximum Gasteiger partial charge on any atom is 0.262 e. The number of rotatable bonds is 9. The fraction of sp³-hybridized carbons (Fsp3) is 0.296. The van der Waals surface area contributed by atoms with Crippen LogP contribution in [0.25, 0.3) is 23.0 Å². The summed E-state index contributed by atoms with van der Waals surface area (Å²) in [7, 11) is 0. The summed E-state index contributed by atoms with van der Waals surface area (Å²) in [6.45, 7) is 3.83. The van der Waals surface area contributed by atoms with Crippen molar-refractivity contribution in [3.8, 4) is 28.8 Å². The maximum atomic E-state index is 12.7. The Morgan fingerprint density at radius 3 is 2.74 bits per heavy atom. The van der Waals surface area contributed by atoms with E-state index in [2.05, 4.69) is 12.2 Å². The Labute approximate surface area is 199 Å². The third kappa shape index (κ3) is 5.72. The third-order valence-electron chi connectivity index (χ3n) is 5.54. The first kappa shape index (κ1) is 23.3. The molecule has 2 aromatic carbocycles. The number of benzene rings is 2. The zero-order valence-corrected chi connectivity index (χ0v) is 19.2. The first-order valence-electron chi connectivity index (χ1n) is 11.6. The Bertz CT molecular complexity index is 1170. The van der Waals surface area contributed by atoms with E-state index in [4.69, 9.17) is 14.6 Å². The minimum Gasteiger partial charge on any atom is -0.494 e. The lowest BCUT2D eigenvalue weighted by molar-refractivity contribution is -0.117. The first-order chi connectivity index (χ1) is 16.7. The molecule has 1 N–H and O–H groups in total. The van der Waals surface area contributed by atoms with Gasteiger partial charge in [0, 0.05) is 30.5 Å². The van der Waals surface area contributed by atoms with Crippen molar-refractivity contribution in [1.29, 1.82) is 5.26 Å². The van der Waals surface area contributed by atoms with Crippen molar-refractivity contribution in [2.24, 2.45) is 0 Å². The van der Waals surface area contributed by atoms with E-state index < -0.39 is 5.91 Å². The maximum absolute atomic E-state index is 12.7. The molecule has 4 rings (SSSR count). The van der Waals surface area contributed by atoms with E-state index in [1.807, 2.05) is 66.9 Å². The molecule has 0 saturated carbocycles. The summed E-state index contributed by atoms with van der Waals surface area (Å²) >= 11 is 0. The summed E-state index contributed by atoms with van der Waals surface area (Å²) in [5.41, 5.74) is 3.12. The number of aromatic nitrogens is 2. The van der Waals surface area contributed by atoms with Gasteiger partial charge in [-0.2, -0.15) is 10.4 Å². The number of carbonyl (C=O) groups excluding carboxylic acids is 1. The van der Waals surface area contributed by atoms with Gasteiger partial charge in [0.25, 0.3) is 5.91 Å². The summed E-state index contributed by atoms with van der Waals surface area (Å²) in [5, 5.41) is 17.3. The molecule has 1 aliphatic rings. The number of carbonyl (C=O) groups is 1. The molecule has 0 radical (unpaired) electrons. The number of nitrogens with one attached hydrogen (secondary N) is 1. The second kappa shape index (κ2) is 11.3. The minimum absolute atomic E-state index is 0.00808. The number of nitrogens with zero attached hydrogens (tertiary/aromatic N) is 3. The molecule has 0 spiro atoms. The van der Waals surface area contributed by atoms with Gasteiger partial charge in [-0.15, -0.1) is 0 Å². The van der Waals surface area contributed by atoms with Gasteiger partial charge in [0.05, 0.1) is 24.1 Å². The molecule has 3 aromatic rings. The van der Waals surface area contributed by atoms with Crippen LogP contribution in [0.15, 0.2) is 66.4 Å². The van der Waals surface area contributed by atoms with Crippen LogP contribution in [0, 0.1) is 11.3 Å². The van der Waals surface area contributed by atoms with Crippen molar-refractivity contribution in [1.82, 2.24) is 15.1 Å². The number of amides is 1. The van der Waals surface area contributed by atoms with Gasteiger partial charge in [-0.3, -0.25) is 4.79 Å². The van der Waals surface area contributed by atoms with Crippen LogP contribution >= 0.6 is 0 Å². The quantitative estimate of drug-likeness (QED) is 0.377. The molecule has 1 fully saturated rings. The highest BCUT2D eigenvalue weighted by atomic mass is 16.5. The van der Waals surface area contributed by atoms with E-state index >= 15 is 0 Å². The van der Waals surface area contributed by atoms with Crippen molar-refractivity contribution in [3.63, 3.8) is 0 Å². The average Bonchev–Trinajstić information content (AvgIpc) is 3.56. The van der Waals surface area contributed by atoms with Crippen LogP contribution in [0.2, 0.25) is 0 Å². The highest BCUT2D eigenvalue weighted by molar-refractivity contribution is 6.02. The standard InChI is InChI=1S/C27H28N4O3/c1-2-14-33-24-12-10-20(11-13-24)26-22(19-31(30-26)23-7-4-3-5-8-23)16-21(17-28)27(32)29-18-25-9-6-15-34-25/h3-5,7-8,10-13,16,19,25H,2,6,9,14-15,18H2,1H3,(H,29,32)/b21-16+/t25-/m1/s1. The predicted octanol–water partition coefficient (Wildman–Crippen LogP) is 4.53. The van der Waals surface area contributed by atoms with Gasteiger partial charge in [-0.25, -0.2) is 4.68 Å². The normalized spacial score (nSPS) is 15.6. The molecular formula is C27H28N4O3. The van der Waals surface area contributed by atoms with Gasteiger partial charge in [-0.05, 0) is 61.7 Å². The van der Waals surface area contributed by atoms with Gasteiger partial charge < -0.3 is 14.8 Å². The summed E-state index contributed by atoms with van der Waals surface area (Å²) in [6.07, 6.45) is 6.27. The second-order valence-electron chi connectivity index (χ2n) is 8.10. The highest BCUT2D eigenvalue weighted by Crippen LogP contribution is 2.27. The van der Waals surface area contributed by atoms with Crippen molar-refractivity contribution in [2.75, 3.05) is 19.8 Å². The van der Waals surface area contributed by atoms with Gasteiger partial charge in [0.15, 0.2) is 0 Å². The second-order valence-corrected chi connectivity index (χ2v) is 8.10. The smallest absolute Gasteiger partial charge is 0.262 e. The number of hydrogen-bond acceptors (Lipinski definition) is 5. The number of nitriles is 1. The van der Waals surface area contributed by atoms with Crippen LogP contribution in [0.3, 0.4) is 0 Å². The molecule has 7 nitrogen and oxygen atoms in total. The van der Waals surface area contributed by atoms with Crippen LogP contribution in [-0.4, -0.2) is 41.6 Å². The Balaban J connectivity index is 1.64. The number of para-hydroxylation sites is 1. The zero-order valence-electron chi connectivity index (χ0n) is 19.2. The molecule has 2 heterocycles. The topological polar surface area (TPSA) is 89.2 Å². The zero-order chi connectivity index (χ0) is 23.8. The van der Waals surface area contributed by atoms with E-state index in [-0.39, 0.29) is 11.7 Å². The molecule has 1 atom stereocenters. The first-order valence-corrected chi connectivity index (χ1v) is 11.6. The molecule has 174 valence electrons. The lowest BCUT2D eigenvalue weighted by atomic mass is 10.1. The summed E-state index contributed by atoms with van der Waals surface area (Å²) < 4.78 is 13.0. The van der Waals surface area contributed by atoms with E-state index in [9.17, 15) is 10.1 Å². The van der Waals surface area contributed by atoms with E-state index in [1.165, 1.54) is 0 Å². The largest absolute Gasteiger partial charge is 0.494 e. The van der Waals surface area contributed by atoms with E-state index in [0.717, 1.165) is 36.3 Å². The molecule has 0 aliphatic carbocycles. The molecule has 34 heavy (non-hydrogen) atoms. The van der Waals surface area contributed by atoms with Gasteiger partial charge in [-0.1, -0.05) is 25.1 Å². The third-order valence-corrected chi connectivity index (χ3v) is 5.54. The predicted molar refractivity (Wildman–Crippen MR) is 130 cm³/mol. The van der Waals surface area contributed by atoms with Gasteiger partial charge in [0.1, 0.15) is 17.4 Å². The van der Waals surface area contributed by atoms with Gasteiger partial charge >= 0.3 is 0 Å². The van der Waals surface area contributed by atoms with E-state index in [1.54, 1.807) is 10.8 Å². The highest BCUT2D eigenvalue weighted by Gasteiger charge is 2.19. The summed E-state index contributed by atoms with van der Waals surface area (Å²) in [6, 6.07) is 19.4. The molecular weight excluding hydrogens is 428 g/mol. The molecule has 1 aromatic heterocycles. The van der Waals surface area contributed by atoms with Gasteiger partial charge in [0.2, 0.25) is 0 Å². The Morgan fingerprint density at radius 1 is 1.26 bits per heavy atom. The molecule has 1 amide bonds. The van der Waals surface area contributed by atoms with Crippen LogP contribution in [0.4, 0.5) is 0 Å². The van der Waals surface area contributed by atoms with Crippen LogP contribution in [0.1, 0.15) is 31.7 Å². The fourth-order valence-corrected chi connectivity index (χ4v) is 3.77. The minimum atomic E-state index is -0.417. The van der Waals surface area contributed by atoms with Crippen molar-refractivity contribution in [2.45, 2.75) is 32.3 Å². The van der Waals surface area contributed by atoms with Crippen molar-refractivity contribution in [3.05, 3.63) is 71.9 Å². The number of hydrogen-bond donors (Lipinski definition) is 1. The fourth-order valence-electron chi connectivity index (χ4n) is 3.77. The van der Waals surface area contributed by atoms with Crippen molar-refractivity contribution < 1.29 is 14.3 Å². The average molecular weight is 457 g/mol. The lowest BCUT2D eigenvalue weighted by Gasteiger charge is -2.10. The summed E-state index contributed by atoms with van der Waals surface area (Å²) in [5.74, 6) is 0.371. The van der Waals surface area contributed by atoms with Crippen molar-refractivity contribution >= 4 is 12.0 Å². The molecule has 1 saturated heterocycles. The molecule has 7 heteroatoms. The van der Waals surface area contributed by atoms with Crippen LogP contribution in [0.5, 0.6) is 5.75 Å². The molecule has 0 unspecified atom stereocenters. The Morgan fingerprint density at radius 2 is 2.06 bits per heavy atom. The Kier molecular flexibility index (Phi) is 7.74. The molecule has 0 bridgehead atoms. The summed E-state index contributed by atoms with van der Waals surface area (Å²) in [4.78, 5) is 12.7. The molecule has 1 aliphatic heterocycles. The SMILES string of the molecule is CCCOc1ccc(-c2nn(-c3ccccc3)cc2/C=C(\C#N)C(=O)NC[C@H]2CCCO2)cc1. The Hall–Kier alpha value is -3.89. The van der Waals surface area contributed by atoms with E-state index in [0.29, 0.717) is 31.0 Å².